The molecule has 0 unspecified atom stereocenters. The average molecular weight is 607 g/mol. The molecule has 0 fully saturated rings. The van der Waals surface area contributed by atoms with E-state index in [2.05, 4.69) is 9.97 Å². The lowest BCUT2D eigenvalue weighted by Crippen LogP contribution is -2.29. The van der Waals surface area contributed by atoms with Crippen molar-refractivity contribution in [2.45, 2.75) is 6.18 Å². The number of nitrogens with zero attached hydrogens (tertiary/aromatic N) is 8. The fourth-order valence-corrected chi connectivity index (χ4v) is 5.85. The Labute approximate surface area is 258 Å². The maximum atomic E-state index is 13.8. The van der Waals surface area contributed by atoms with Gasteiger partial charge in [0, 0.05) is 10.8 Å². The van der Waals surface area contributed by atoms with Gasteiger partial charge in [-0.3, -0.25) is 9.80 Å². The van der Waals surface area contributed by atoms with Crippen LogP contribution < -0.4 is 9.80 Å². The van der Waals surface area contributed by atoms with E-state index in [1.54, 1.807) is 9.80 Å². The van der Waals surface area contributed by atoms with Crippen LogP contribution in [0.1, 0.15) is 17.0 Å². The zero-order valence-electron chi connectivity index (χ0n) is 23.5. The maximum Gasteiger partial charge on any atom is 0.416 e. The van der Waals surface area contributed by atoms with Gasteiger partial charge in [-0.1, -0.05) is 72.8 Å². The zero-order chi connectivity index (χ0) is 31.6. The topological polar surface area (TPSA) is 106 Å². The molecule has 1 aliphatic heterocycles. The third-order valence-electron chi connectivity index (χ3n) is 7.89. The molecule has 3 heterocycles. The van der Waals surface area contributed by atoms with Crippen LogP contribution in [0, 0.1) is 22.7 Å². The molecule has 0 saturated heterocycles. The van der Waals surface area contributed by atoms with E-state index in [-0.39, 0.29) is 45.7 Å². The third-order valence-corrected chi connectivity index (χ3v) is 7.89. The molecule has 2 aromatic heterocycles. The number of hydrogen-bond acceptors (Lipinski definition) is 8. The van der Waals surface area contributed by atoms with Crippen LogP contribution >= 0.6 is 0 Å². The summed E-state index contributed by atoms with van der Waals surface area (Å²) in [5, 5.41) is 23.4. The SMILES string of the molecule is N#Cc1nc2c(nc1C#N)N(c1cccc3ccccc13)c1nc3cc(C(F)(F)F)ccc3nc1N2c1cccc2ccccc12. The molecule has 218 valence electrons. The Hall–Kier alpha value is -6.59. The highest BCUT2D eigenvalue weighted by Gasteiger charge is 2.39. The number of alkyl halides is 3. The summed E-state index contributed by atoms with van der Waals surface area (Å²) in [5.74, 6) is 0.791. The monoisotopic (exact) mass is 606 g/mol. The molecule has 0 saturated carbocycles. The van der Waals surface area contributed by atoms with Gasteiger partial charge in [0.1, 0.15) is 12.1 Å². The Morgan fingerprint density at radius 2 is 0.978 bits per heavy atom. The van der Waals surface area contributed by atoms with Crippen molar-refractivity contribution in [2.24, 2.45) is 0 Å². The second kappa shape index (κ2) is 9.97. The minimum atomic E-state index is -4.59. The van der Waals surface area contributed by atoms with Crippen molar-refractivity contribution in [1.29, 1.82) is 10.5 Å². The van der Waals surface area contributed by atoms with Gasteiger partial charge in [0.15, 0.2) is 34.7 Å². The summed E-state index contributed by atoms with van der Waals surface area (Å²) in [4.78, 5) is 22.4. The average Bonchev–Trinajstić information content (AvgIpc) is 3.08. The molecule has 5 aromatic carbocycles. The van der Waals surface area contributed by atoms with Gasteiger partial charge in [-0.15, -0.1) is 0 Å². The first kappa shape index (κ1) is 27.0. The molecule has 0 spiro atoms. The molecule has 0 N–H and O–H groups in total. The molecule has 0 bridgehead atoms. The van der Waals surface area contributed by atoms with Crippen LogP contribution in [-0.2, 0) is 6.18 Å². The fraction of sp³-hybridized carbons (Fsp3) is 0.0286. The molecular formula is C35H17F3N8. The van der Waals surface area contributed by atoms with Crippen LogP contribution in [0.15, 0.2) is 103 Å². The van der Waals surface area contributed by atoms with Crippen LogP contribution in [0.2, 0.25) is 0 Å². The molecule has 8 rings (SSSR count). The quantitative estimate of drug-likeness (QED) is 0.192. The highest BCUT2D eigenvalue weighted by molar-refractivity contribution is 6.08. The van der Waals surface area contributed by atoms with Crippen molar-refractivity contribution >= 4 is 67.2 Å². The van der Waals surface area contributed by atoms with Crippen LogP contribution in [0.3, 0.4) is 0 Å². The third kappa shape index (κ3) is 4.07. The van der Waals surface area contributed by atoms with E-state index in [1.807, 2.05) is 97.1 Å². The predicted molar refractivity (Wildman–Crippen MR) is 167 cm³/mol. The molecule has 0 aliphatic carbocycles. The van der Waals surface area contributed by atoms with Crippen molar-refractivity contribution in [1.82, 2.24) is 19.9 Å². The smallest absolute Gasteiger partial charge is 0.272 e. The van der Waals surface area contributed by atoms with Crippen molar-refractivity contribution in [3.8, 4) is 12.1 Å². The van der Waals surface area contributed by atoms with E-state index < -0.39 is 11.7 Å². The predicted octanol–water partition coefficient (Wildman–Crippen LogP) is 8.74. The van der Waals surface area contributed by atoms with Crippen molar-refractivity contribution in [2.75, 3.05) is 9.80 Å². The lowest BCUT2D eigenvalue weighted by Gasteiger charge is -2.37. The molecule has 46 heavy (non-hydrogen) atoms. The van der Waals surface area contributed by atoms with Crippen LogP contribution in [0.4, 0.5) is 47.8 Å². The molecular weight excluding hydrogens is 589 g/mol. The molecule has 0 atom stereocenters. The van der Waals surface area contributed by atoms with Gasteiger partial charge in [0.25, 0.3) is 0 Å². The Bertz CT molecular complexity index is 2470. The van der Waals surface area contributed by atoms with Crippen molar-refractivity contribution in [3.63, 3.8) is 0 Å². The summed E-state index contributed by atoms with van der Waals surface area (Å²) >= 11 is 0. The summed E-state index contributed by atoms with van der Waals surface area (Å²) in [5.41, 5.74) is 0.196. The van der Waals surface area contributed by atoms with Gasteiger partial charge in [-0.2, -0.15) is 23.7 Å². The number of benzene rings is 5. The Kier molecular flexibility index (Phi) is 5.85. The van der Waals surface area contributed by atoms with E-state index in [0.717, 1.165) is 33.7 Å². The molecule has 11 heteroatoms. The van der Waals surface area contributed by atoms with E-state index >= 15 is 0 Å². The summed E-state index contributed by atoms with van der Waals surface area (Å²) in [7, 11) is 0. The van der Waals surface area contributed by atoms with Gasteiger partial charge in [0.2, 0.25) is 0 Å². The number of anilines is 6. The zero-order valence-corrected chi connectivity index (χ0v) is 23.5. The first-order chi connectivity index (χ1) is 22.4. The fourth-order valence-electron chi connectivity index (χ4n) is 5.85. The largest absolute Gasteiger partial charge is 0.416 e. The Balaban J connectivity index is 1.54. The molecule has 7 aromatic rings. The highest BCUT2D eigenvalue weighted by Crippen LogP contribution is 2.53. The van der Waals surface area contributed by atoms with Gasteiger partial charge in [-0.25, -0.2) is 19.9 Å². The Morgan fingerprint density at radius 1 is 0.522 bits per heavy atom. The van der Waals surface area contributed by atoms with E-state index in [1.165, 1.54) is 6.07 Å². The minimum Gasteiger partial charge on any atom is -0.272 e. The number of halogens is 3. The standard InChI is InChI=1S/C35H17F3N8/c36-35(37,38)22-15-16-25-26(17-22)42-32-31(41-25)45(29-13-5-9-20-7-1-3-11-23(20)29)33-34(44-28(19-40)27(18-39)43-33)46(32)30-14-6-10-21-8-2-4-12-24(21)30/h1-17H. The first-order valence-electron chi connectivity index (χ1n) is 14.0. The maximum absolute atomic E-state index is 13.8. The molecule has 8 nitrogen and oxygen atoms in total. The number of fused-ring (bicyclic) bond motifs is 5. The second-order valence-corrected chi connectivity index (χ2v) is 10.5. The van der Waals surface area contributed by atoms with E-state index in [4.69, 9.17) is 9.97 Å². The van der Waals surface area contributed by atoms with Gasteiger partial charge in [0.05, 0.1) is 28.0 Å². The van der Waals surface area contributed by atoms with Crippen LogP contribution in [0.25, 0.3) is 32.6 Å². The minimum absolute atomic E-state index is 0.0160. The Morgan fingerprint density at radius 3 is 1.48 bits per heavy atom. The lowest BCUT2D eigenvalue weighted by molar-refractivity contribution is -0.137. The van der Waals surface area contributed by atoms with Gasteiger partial charge < -0.3 is 0 Å². The number of rotatable bonds is 2. The summed E-state index contributed by atoms with van der Waals surface area (Å²) in [6.07, 6.45) is -4.59. The van der Waals surface area contributed by atoms with Gasteiger partial charge in [-0.05, 0) is 41.1 Å². The van der Waals surface area contributed by atoms with Crippen LogP contribution in [0.5, 0.6) is 0 Å². The highest BCUT2D eigenvalue weighted by atomic mass is 19.4. The van der Waals surface area contributed by atoms with Crippen LogP contribution in [-0.4, -0.2) is 19.9 Å². The second-order valence-electron chi connectivity index (χ2n) is 10.5. The number of aromatic nitrogens is 4. The van der Waals surface area contributed by atoms with Gasteiger partial charge >= 0.3 is 6.18 Å². The molecule has 1 aliphatic rings. The van der Waals surface area contributed by atoms with E-state index in [9.17, 15) is 23.7 Å². The summed E-state index contributed by atoms with van der Waals surface area (Å²) in [6.45, 7) is 0. The van der Waals surface area contributed by atoms with E-state index in [0.29, 0.717) is 11.4 Å². The van der Waals surface area contributed by atoms with Crippen molar-refractivity contribution < 1.29 is 13.2 Å². The number of hydrogen-bond donors (Lipinski definition) is 0. The molecule has 0 amide bonds. The normalized spacial score (nSPS) is 12.5. The lowest BCUT2D eigenvalue weighted by atomic mass is 10.1. The summed E-state index contributed by atoms with van der Waals surface area (Å²) in [6, 6.07) is 33.7. The first-order valence-corrected chi connectivity index (χ1v) is 14.0. The molecule has 0 radical (unpaired) electrons. The summed E-state index contributed by atoms with van der Waals surface area (Å²) < 4.78 is 41.4. The number of nitriles is 2. The van der Waals surface area contributed by atoms with Crippen molar-refractivity contribution in [3.05, 3.63) is 120 Å².